The van der Waals surface area contributed by atoms with Gasteiger partial charge in [0.1, 0.15) is 11.6 Å². The summed E-state index contributed by atoms with van der Waals surface area (Å²) >= 11 is 0. The summed E-state index contributed by atoms with van der Waals surface area (Å²) in [5.41, 5.74) is 0. The first-order chi connectivity index (χ1) is 4.57. The van der Waals surface area contributed by atoms with Gasteiger partial charge in [0.05, 0.1) is 0 Å². The second-order valence-corrected chi connectivity index (χ2v) is 2.61. The van der Waals surface area contributed by atoms with Crippen LogP contribution in [0.2, 0.25) is 0 Å². The molecular formula is C8H14O2. The molecule has 0 heterocycles. The molecule has 0 saturated heterocycles. The average molecular weight is 142 g/mol. The van der Waals surface area contributed by atoms with E-state index < -0.39 is 0 Å². The van der Waals surface area contributed by atoms with Crippen molar-refractivity contribution < 1.29 is 9.59 Å². The van der Waals surface area contributed by atoms with E-state index in [0.29, 0.717) is 12.8 Å². The Morgan fingerprint density at radius 2 is 1.90 bits per heavy atom. The van der Waals surface area contributed by atoms with Gasteiger partial charge in [-0.3, -0.25) is 9.59 Å². The van der Waals surface area contributed by atoms with Crippen molar-refractivity contribution in [2.45, 2.75) is 33.6 Å². The molecule has 0 bridgehead atoms. The molecule has 58 valence electrons. The van der Waals surface area contributed by atoms with Crippen LogP contribution in [0.25, 0.3) is 0 Å². The maximum Gasteiger partial charge on any atom is 0.133 e. The molecule has 0 N–H and O–H groups in total. The topological polar surface area (TPSA) is 34.1 Å². The lowest BCUT2D eigenvalue weighted by Gasteiger charge is -2.03. The second-order valence-electron chi connectivity index (χ2n) is 2.61. The zero-order valence-electron chi connectivity index (χ0n) is 6.81. The van der Waals surface area contributed by atoms with Crippen LogP contribution in [-0.2, 0) is 9.59 Å². The molecule has 0 aliphatic rings. The summed E-state index contributed by atoms with van der Waals surface area (Å²) in [6.45, 7) is 5.12. The highest BCUT2D eigenvalue weighted by molar-refractivity contribution is 5.86. The van der Waals surface area contributed by atoms with Crippen molar-refractivity contribution in [3.63, 3.8) is 0 Å². The first kappa shape index (κ1) is 9.34. The van der Waals surface area contributed by atoms with Gasteiger partial charge in [-0.15, -0.1) is 0 Å². The summed E-state index contributed by atoms with van der Waals surface area (Å²) in [4.78, 5) is 21.4. The lowest BCUT2D eigenvalue weighted by atomic mass is 10.00. The maximum absolute atomic E-state index is 10.8. The molecule has 0 aliphatic heterocycles. The smallest absolute Gasteiger partial charge is 0.133 e. The largest absolute Gasteiger partial charge is 0.300 e. The fraction of sp³-hybridized carbons (Fsp3) is 0.750. The van der Waals surface area contributed by atoms with Crippen molar-refractivity contribution in [3.8, 4) is 0 Å². The van der Waals surface area contributed by atoms with Gasteiger partial charge < -0.3 is 0 Å². The van der Waals surface area contributed by atoms with Gasteiger partial charge in [0.25, 0.3) is 0 Å². The monoisotopic (exact) mass is 142 g/mol. The number of Topliss-reactive ketones (excluding diaryl/α,β-unsaturated/α-hetero) is 2. The molecule has 0 aromatic heterocycles. The Labute approximate surface area is 61.6 Å². The molecule has 2 nitrogen and oxygen atoms in total. The molecule has 0 saturated carbocycles. The predicted molar refractivity (Wildman–Crippen MR) is 39.8 cm³/mol. The molecule has 0 radical (unpaired) electrons. The maximum atomic E-state index is 10.8. The van der Waals surface area contributed by atoms with Crippen LogP contribution in [0.5, 0.6) is 0 Å². The zero-order chi connectivity index (χ0) is 8.15. The molecule has 0 aromatic carbocycles. The summed E-state index contributed by atoms with van der Waals surface area (Å²) in [7, 11) is 0. The highest BCUT2D eigenvalue weighted by atomic mass is 16.1. The minimum absolute atomic E-state index is 0.0903. The van der Waals surface area contributed by atoms with Crippen molar-refractivity contribution >= 4 is 11.6 Å². The number of carbonyl (C=O) groups is 2. The fourth-order valence-corrected chi connectivity index (χ4v) is 0.630. The Balaban J connectivity index is 3.68. The number of hydrogen-bond donors (Lipinski definition) is 0. The third kappa shape index (κ3) is 3.38. The molecule has 0 aliphatic carbocycles. The summed E-state index contributed by atoms with van der Waals surface area (Å²) < 4.78 is 0. The van der Waals surface area contributed by atoms with Crippen LogP contribution in [0.15, 0.2) is 0 Å². The van der Waals surface area contributed by atoms with Crippen molar-refractivity contribution in [2.24, 2.45) is 5.92 Å². The number of rotatable bonds is 4. The molecule has 2 heteroatoms. The van der Waals surface area contributed by atoms with Gasteiger partial charge in [-0.1, -0.05) is 13.8 Å². The van der Waals surface area contributed by atoms with Crippen LogP contribution < -0.4 is 0 Å². The van der Waals surface area contributed by atoms with Gasteiger partial charge in [-0.25, -0.2) is 0 Å². The fourth-order valence-electron chi connectivity index (χ4n) is 0.630. The molecule has 1 unspecified atom stereocenters. The van der Waals surface area contributed by atoms with Crippen LogP contribution in [0.3, 0.4) is 0 Å². The highest BCUT2D eigenvalue weighted by Gasteiger charge is 2.10. The molecule has 0 rings (SSSR count). The third-order valence-electron chi connectivity index (χ3n) is 1.62. The third-order valence-corrected chi connectivity index (χ3v) is 1.62. The van der Waals surface area contributed by atoms with E-state index in [-0.39, 0.29) is 17.5 Å². The predicted octanol–water partition coefficient (Wildman–Crippen LogP) is 1.58. The minimum atomic E-state index is -0.0903. The van der Waals surface area contributed by atoms with Crippen molar-refractivity contribution in [1.82, 2.24) is 0 Å². The first-order valence-corrected chi connectivity index (χ1v) is 3.60. The molecule has 0 aromatic rings. The zero-order valence-corrected chi connectivity index (χ0v) is 6.81. The van der Waals surface area contributed by atoms with Crippen LogP contribution in [-0.4, -0.2) is 11.6 Å². The van der Waals surface area contributed by atoms with Crippen LogP contribution in [0.1, 0.15) is 33.6 Å². The van der Waals surface area contributed by atoms with E-state index in [9.17, 15) is 9.59 Å². The van der Waals surface area contributed by atoms with E-state index in [4.69, 9.17) is 0 Å². The van der Waals surface area contributed by atoms with Crippen LogP contribution in [0.4, 0.5) is 0 Å². The van der Waals surface area contributed by atoms with Crippen molar-refractivity contribution in [1.29, 1.82) is 0 Å². The lowest BCUT2D eigenvalue weighted by Crippen LogP contribution is -2.11. The Morgan fingerprint density at radius 1 is 1.40 bits per heavy atom. The van der Waals surface area contributed by atoms with E-state index in [1.54, 1.807) is 6.92 Å². The van der Waals surface area contributed by atoms with E-state index in [2.05, 4.69) is 0 Å². The molecule has 10 heavy (non-hydrogen) atoms. The number of carbonyl (C=O) groups excluding carboxylic acids is 2. The van der Waals surface area contributed by atoms with Gasteiger partial charge in [0.15, 0.2) is 0 Å². The first-order valence-electron chi connectivity index (χ1n) is 3.60. The molecule has 0 spiro atoms. The normalized spacial score (nSPS) is 12.7. The van der Waals surface area contributed by atoms with Gasteiger partial charge in [-0.2, -0.15) is 0 Å². The number of hydrogen-bond acceptors (Lipinski definition) is 2. The van der Waals surface area contributed by atoms with Crippen molar-refractivity contribution in [3.05, 3.63) is 0 Å². The van der Waals surface area contributed by atoms with E-state index in [1.807, 2.05) is 6.92 Å². The van der Waals surface area contributed by atoms with Gasteiger partial charge in [0, 0.05) is 18.8 Å². The molecule has 0 fully saturated rings. The Bertz CT molecular complexity index is 138. The van der Waals surface area contributed by atoms with Gasteiger partial charge in [-0.05, 0) is 6.92 Å². The van der Waals surface area contributed by atoms with E-state index in [0.717, 1.165) is 0 Å². The quantitative estimate of drug-likeness (QED) is 0.597. The molecule has 0 amide bonds. The van der Waals surface area contributed by atoms with E-state index in [1.165, 1.54) is 6.92 Å². The molecular weight excluding hydrogens is 128 g/mol. The Kier molecular flexibility index (Phi) is 3.93. The standard InChI is InChI=1S/C8H14O2/c1-4-8(10)5-6(2)7(3)9/h6H,4-5H2,1-3H3. The average Bonchev–Trinajstić information content (AvgIpc) is 1.87. The number of ketones is 2. The Hall–Kier alpha value is -0.660. The van der Waals surface area contributed by atoms with Crippen LogP contribution >= 0.6 is 0 Å². The van der Waals surface area contributed by atoms with Gasteiger partial charge in [0.2, 0.25) is 0 Å². The lowest BCUT2D eigenvalue weighted by molar-refractivity contribution is -0.126. The van der Waals surface area contributed by atoms with Crippen molar-refractivity contribution in [2.75, 3.05) is 0 Å². The second kappa shape index (κ2) is 4.20. The molecule has 1 atom stereocenters. The van der Waals surface area contributed by atoms with E-state index >= 15 is 0 Å². The summed E-state index contributed by atoms with van der Waals surface area (Å²) in [6.07, 6.45) is 0.948. The van der Waals surface area contributed by atoms with Gasteiger partial charge >= 0.3 is 0 Å². The summed E-state index contributed by atoms with van der Waals surface area (Å²) in [5, 5.41) is 0. The summed E-state index contributed by atoms with van der Waals surface area (Å²) in [5.74, 6) is 0.178. The van der Waals surface area contributed by atoms with Crippen LogP contribution in [0, 0.1) is 5.92 Å². The summed E-state index contributed by atoms with van der Waals surface area (Å²) in [6, 6.07) is 0. The minimum Gasteiger partial charge on any atom is -0.300 e. The Morgan fingerprint density at radius 3 is 2.20 bits per heavy atom. The highest BCUT2D eigenvalue weighted by Crippen LogP contribution is 2.04. The SMILES string of the molecule is CCC(=O)CC(C)C(C)=O.